The third-order valence-corrected chi connectivity index (χ3v) is 2.94. The fourth-order valence-corrected chi connectivity index (χ4v) is 1.80. The first-order chi connectivity index (χ1) is 7.91. The highest BCUT2D eigenvalue weighted by atomic mass is 32.2. The van der Waals surface area contributed by atoms with Gasteiger partial charge in [0, 0.05) is 35.5 Å². The summed E-state index contributed by atoms with van der Waals surface area (Å²) in [5.41, 5.74) is -2.07. The van der Waals surface area contributed by atoms with Gasteiger partial charge in [0.25, 0.3) is 5.56 Å². The van der Waals surface area contributed by atoms with Gasteiger partial charge in [-0.15, -0.1) is 0 Å². The van der Waals surface area contributed by atoms with E-state index in [0.29, 0.717) is 12.2 Å². The Kier molecular flexibility index (Phi) is 4.38. The molecule has 0 radical (unpaired) electrons. The van der Waals surface area contributed by atoms with Gasteiger partial charge in [-0.05, 0) is 6.42 Å². The van der Waals surface area contributed by atoms with Crippen molar-refractivity contribution in [2.45, 2.75) is 13.0 Å². The molecule has 1 rings (SSSR count). The molecule has 1 atom stereocenters. The average Bonchev–Trinajstić information content (AvgIpc) is 2.20. The molecule has 0 spiro atoms. The molecular weight excluding hydrogens is 248 g/mol. The molecule has 1 aromatic rings. The molecule has 1 aromatic heterocycles. The first-order valence-corrected chi connectivity index (χ1v) is 6.51. The molecule has 0 aromatic carbocycles. The fraction of sp³-hybridized carbons (Fsp3) is 0.444. The van der Waals surface area contributed by atoms with E-state index < -0.39 is 33.6 Å². The van der Waals surface area contributed by atoms with Crippen molar-refractivity contribution in [2.24, 2.45) is 0 Å². The van der Waals surface area contributed by atoms with Gasteiger partial charge in [0.2, 0.25) is 0 Å². The number of aromatic amines is 1. The number of hydrogen-bond donors (Lipinski definition) is 2. The number of carboxylic acid groups (broad SMARTS) is 1. The molecule has 0 aliphatic rings. The van der Waals surface area contributed by atoms with E-state index >= 15 is 0 Å². The number of aryl methyl sites for hydroxylation is 1. The van der Waals surface area contributed by atoms with E-state index in [0.717, 1.165) is 10.8 Å². The maximum atomic E-state index is 11.3. The molecule has 17 heavy (non-hydrogen) atoms. The SMILES string of the molecule is CS(=O)CCCn1cc(C(=O)O)c(=O)[nH]c1=O. The lowest BCUT2D eigenvalue weighted by atomic mass is 10.3. The molecule has 2 N–H and O–H groups in total. The maximum Gasteiger partial charge on any atom is 0.342 e. The Labute approximate surface area is 98.6 Å². The summed E-state index contributed by atoms with van der Waals surface area (Å²) >= 11 is 0. The molecule has 1 heterocycles. The molecule has 0 fully saturated rings. The van der Waals surface area contributed by atoms with Gasteiger partial charge in [0.05, 0.1) is 0 Å². The van der Waals surface area contributed by atoms with Crippen LogP contribution in [-0.4, -0.2) is 36.8 Å². The second kappa shape index (κ2) is 5.58. The molecule has 0 bridgehead atoms. The van der Waals surface area contributed by atoms with E-state index in [1.54, 1.807) is 0 Å². The third kappa shape index (κ3) is 3.66. The molecule has 0 aliphatic heterocycles. The van der Waals surface area contributed by atoms with Gasteiger partial charge < -0.3 is 5.11 Å². The molecule has 1 unspecified atom stereocenters. The Morgan fingerprint density at radius 3 is 2.71 bits per heavy atom. The molecular formula is C9H12N2O5S. The van der Waals surface area contributed by atoms with E-state index in [2.05, 4.69) is 0 Å². The number of nitrogens with zero attached hydrogens (tertiary/aromatic N) is 1. The monoisotopic (exact) mass is 260 g/mol. The zero-order valence-corrected chi connectivity index (χ0v) is 9.95. The summed E-state index contributed by atoms with van der Waals surface area (Å²) in [6, 6.07) is 0. The van der Waals surface area contributed by atoms with Crippen LogP contribution in [0.5, 0.6) is 0 Å². The van der Waals surface area contributed by atoms with Crippen molar-refractivity contribution >= 4 is 16.8 Å². The average molecular weight is 260 g/mol. The van der Waals surface area contributed by atoms with Crippen LogP contribution in [0.15, 0.2) is 15.8 Å². The lowest BCUT2D eigenvalue weighted by Gasteiger charge is -2.04. The molecule has 0 aliphatic carbocycles. The summed E-state index contributed by atoms with van der Waals surface area (Å²) in [7, 11) is -0.968. The van der Waals surface area contributed by atoms with Crippen molar-refractivity contribution in [3.63, 3.8) is 0 Å². The minimum absolute atomic E-state index is 0.218. The number of nitrogens with one attached hydrogen (secondary N) is 1. The Hall–Kier alpha value is -1.70. The van der Waals surface area contributed by atoms with Crippen LogP contribution in [0.3, 0.4) is 0 Å². The zero-order valence-electron chi connectivity index (χ0n) is 9.13. The minimum Gasteiger partial charge on any atom is -0.477 e. The lowest BCUT2D eigenvalue weighted by Crippen LogP contribution is -2.33. The number of hydrogen-bond acceptors (Lipinski definition) is 4. The number of aromatic nitrogens is 2. The molecule has 0 saturated heterocycles. The van der Waals surface area contributed by atoms with Gasteiger partial charge in [-0.3, -0.25) is 18.6 Å². The van der Waals surface area contributed by atoms with E-state index in [4.69, 9.17) is 5.11 Å². The Morgan fingerprint density at radius 2 is 2.18 bits per heavy atom. The van der Waals surface area contributed by atoms with Gasteiger partial charge in [-0.1, -0.05) is 0 Å². The van der Waals surface area contributed by atoms with E-state index in [9.17, 15) is 18.6 Å². The summed E-state index contributed by atoms with van der Waals surface area (Å²) in [5.74, 6) is -0.979. The van der Waals surface area contributed by atoms with Crippen molar-refractivity contribution in [3.05, 3.63) is 32.6 Å². The Morgan fingerprint density at radius 1 is 1.53 bits per heavy atom. The molecule has 0 saturated carbocycles. The summed E-state index contributed by atoms with van der Waals surface area (Å²) in [6.07, 6.45) is 3.01. The first-order valence-electron chi connectivity index (χ1n) is 4.79. The summed E-state index contributed by atoms with van der Waals surface area (Å²) in [5, 5.41) is 8.71. The lowest BCUT2D eigenvalue weighted by molar-refractivity contribution is 0.0693. The number of aromatic carboxylic acids is 1. The third-order valence-electron chi connectivity index (χ3n) is 2.07. The molecule has 7 nitrogen and oxygen atoms in total. The van der Waals surface area contributed by atoms with Gasteiger partial charge in [0.15, 0.2) is 0 Å². The Balaban J connectivity index is 2.96. The quantitative estimate of drug-likeness (QED) is 0.706. The van der Waals surface area contributed by atoms with Crippen LogP contribution in [0.2, 0.25) is 0 Å². The summed E-state index contributed by atoms with van der Waals surface area (Å²) < 4.78 is 11.9. The van der Waals surface area contributed by atoms with Crippen molar-refractivity contribution in [2.75, 3.05) is 12.0 Å². The molecule has 8 heteroatoms. The summed E-state index contributed by atoms with van der Waals surface area (Å²) in [6.45, 7) is 0.218. The molecule has 94 valence electrons. The van der Waals surface area contributed by atoms with Gasteiger partial charge in [-0.2, -0.15) is 0 Å². The van der Waals surface area contributed by atoms with E-state index in [-0.39, 0.29) is 6.54 Å². The standard InChI is InChI=1S/C9H12N2O5S/c1-17(16)4-2-3-11-5-6(8(13)14)7(12)10-9(11)15/h5H,2-4H2,1H3,(H,13,14)(H,10,12,15). The van der Waals surface area contributed by atoms with Gasteiger partial charge >= 0.3 is 11.7 Å². The highest BCUT2D eigenvalue weighted by Gasteiger charge is 2.11. The first kappa shape index (κ1) is 13.4. The van der Waals surface area contributed by atoms with Crippen LogP contribution >= 0.6 is 0 Å². The van der Waals surface area contributed by atoms with Crippen molar-refractivity contribution in [1.29, 1.82) is 0 Å². The predicted octanol–water partition coefficient (Wildman–Crippen LogP) is -0.997. The fourth-order valence-electron chi connectivity index (χ4n) is 1.27. The highest BCUT2D eigenvalue weighted by Crippen LogP contribution is 1.92. The van der Waals surface area contributed by atoms with Crippen LogP contribution < -0.4 is 11.2 Å². The van der Waals surface area contributed by atoms with Crippen molar-refractivity contribution < 1.29 is 14.1 Å². The van der Waals surface area contributed by atoms with E-state index in [1.807, 2.05) is 4.98 Å². The Bertz CT molecular complexity index is 559. The highest BCUT2D eigenvalue weighted by molar-refractivity contribution is 7.84. The predicted molar refractivity (Wildman–Crippen MR) is 61.8 cm³/mol. The normalized spacial score (nSPS) is 12.3. The van der Waals surface area contributed by atoms with Crippen LogP contribution in [0.1, 0.15) is 16.8 Å². The number of rotatable bonds is 5. The van der Waals surface area contributed by atoms with Crippen LogP contribution in [-0.2, 0) is 17.3 Å². The molecule has 0 amide bonds. The van der Waals surface area contributed by atoms with Crippen molar-refractivity contribution in [3.8, 4) is 0 Å². The van der Waals surface area contributed by atoms with Gasteiger partial charge in [0.1, 0.15) is 5.56 Å². The smallest absolute Gasteiger partial charge is 0.342 e. The van der Waals surface area contributed by atoms with Gasteiger partial charge in [-0.25, -0.2) is 9.59 Å². The van der Waals surface area contributed by atoms with E-state index in [1.165, 1.54) is 6.26 Å². The number of carbonyl (C=O) groups is 1. The maximum absolute atomic E-state index is 11.3. The number of carboxylic acids is 1. The topological polar surface area (TPSA) is 109 Å². The van der Waals surface area contributed by atoms with Crippen molar-refractivity contribution in [1.82, 2.24) is 9.55 Å². The number of H-pyrrole nitrogens is 1. The van der Waals surface area contributed by atoms with Crippen LogP contribution in [0.25, 0.3) is 0 Å². The van der Waals surface area contributed by atoms with Crippen LogP contribution in [0.4, 0.5) is 0 Å². The second-order valence-electron chi connectivity index (χ2n) is 3.43. The van der Waals surface area contributed by atoms with Crippen LogP contribution in [0, 0.1) is 0 Å². The minimum atomic E-state index is -1.39. The summed E-state index contributed by atoms with van der Waals surface area (Å²) in [4.78, 5) is 35.1. The second-order valence-corrected chi connectivity index (χ2v) is 4.99. The largest absolute Gasteiger partial charge is 0.477 e. The zero-order chi connectivity index (χ0) is 13.0.